The van der Waals surface area contributed by atoms with Gasteiger partial charge in [-0.1, -0.05) is 12.1 Å². The van der Waals surface area contributed by atoms with Crippen LogP contribution in [0.4, 0.5) is 10.1 Å². The van der Waals surface area contributed by atoms with Gasteiger partial charge >= 0.3 is 0 Å². The Hall–Kier alpha value is -2.15. The normalized spacial score (nSPS) is 17.4. The summed E-state index contributed by atoms with van der Waals surface area (Å²) in [4.78, 5) is 4.21. The third-order valence-electron chi connectivity index (χ3n) is 3.65. The molecule has 1 aliphatic rings. The summed E-state index contributed by atoms with van der Waals surface area (Å²) in [5.41, 5.74) is 0.555. The molecule has 2 aromatic rings. The van der Waals surface area contributed by atoms with E-state index in [1.54, 1.807) is 6.07 Å². The van der Waals surface area contributed by atoms with E-state index in [2.05, 4.69) is 15.5 Å². The molecule has 0 saturated carbocycles. The Bertz CT molecular complexity index is 641. The molecule has 1 saturated heterocycles. The number of hydrogen-bond acceptors (Lipinski definition) is 6. The van der Waals surface area contributed by atoms with E-state index in [1.807, 2.05) is 6.92 Å². The van der Waals surface area contributed by atoms with Crippen molar-refractivity contribution in [3.8, 4) is 5.75 Å². The van der Waals surface area contributed by atoms with Crippen LogP contribution in [0, 0.1) is 5.82 Å². The maximum Gasteiger partial charge on any atom is 0.245 e. The standard InChI is InChI=1S/C16H20FN3O3/c1-2-15-19-16(23-20-15)9-18-13-8-11(17)5-6-14(13)22-10-12-4-3-7-21-12/h5-6,8,12,18H,2-4,7,9-10H2,1H3/t12-/m0/s1. The molecule has 0 bridgehead atoms. The maximum atomic E-state index is 13.5. The van der Waals surface area contributed by atoms with Crippen LogP contribution in [-0.4, -0.2) is 29.5 Å². The Kier molecular flexibility index (Phi) is 5.07. The van der Waals surface area contributed by atoms with Crippen LogP contribution in [0.25, 0.3) is 0 Å². The van der Waals surface area contributed by atoms with Gasteiger partial charge in [-0.15, -0.1) is 0 Å². The number of ether oxygens (including phenoxy) is 2. The summed E-state index contributed by atoms with van der Waals surface area (Å²) in [6.07, 6.45) is 2.86. The highest BCUT2D eigenvalue weighted by molar-refractivity contribution is 5.56. The molecule has 0 amide bonds. The lowest BCUT2D eigenvalue weighted by Gasteiger charge is -2.15. The molecule has 124 valence electrons. The van der Waals surface area contributed by atoms with E-state index in [1.165, 1.54) is 12.1 Å². The van der Waals surface area contributed by atoms with Crippen molar-refractivity contribution in [2.24, 2.45) is 0 Å². The summed E-state index contributed by atoms with van der Waals surface area (Å²) >= 11 is 0. The van der Waals surface area contributed by atoms with E-state index in [4.69, 9.17) is 14.0 Å². The van der Waals surface area contributed by atoms with Gasteiger partial charge in [-0.2, -0.15) is 4.98 Å². The van der Waals surface area contributed by atoms with Crippen LogP contribution < -0.4 is 10.1 Å². The van der Waals surface area contributed by atoms with Crippen molar-refractivity contribution in [2.75, 3.05) is 18.5 Å². The Balaban J connectivity index is 1.63. The zero-order valence-corrected chi connectivity index (χ0v) is 13.0. The minimum absolute atomic E-state index is 0.107. The van der Waals surface area contributed by atoms with E-state index in [-0.39, 0.29) is 11.9 Å². The molecule has 6 nitrogen and oxygen atoms in total. The fraction of sp³-hybridized carbons (Fsp3) is 0.500. The van der Waals surface area contributed by atoms with Crippen molar-refractivity contribution in [3.63, 3.8) is 0 Å². The lowest BCUT2D eigenvalue weighted by molar-refractivity contribution is 0.0681. The van der Waals surface area contributed by atoms with Gasteiger partial charge in [0.2, 0.25) is 5.89 Å². The van der Waals surface area contributed by atoms with Gasteiger partial charge in [0, 0.05) is 19.1 Å². The summed E-state index contributed by atoms with van der Waals surface area (Å²) in [7, 11) is 0. The number of hydrogen-bond donors (Lipinski definition) is 1. The highest BCUT2D eigenvalue weighted by atomic mass is 19.1. The Morgan fingerprint density at radius 3 is 3.09 bits per heavy atom. The van der Waals surface area contributed by atoms with E-state index in [0.29, 0.717) is 42.7 Å². The van der Waals surface area contributed by atoms with E-state index < -0.39 is 0 Å². The molecule has 7 heteroatoms. The van der Waals surface area contributed by atoms with Crippen molar-refractivity contribution in [3.05, 3.63) is 35.7 Å². The molecule has 0 aliphatic carbocycles. The maximum absolute atomic E-state index is 13.5. The highest BCUT2D eigenvalue weighted by Crippen LogP contribution is 2.27. The first kappa shape index (κ1) is 15.7. The van der Waals surface area contributed by atoms with Gasteiger partial charge in [-0.3, -0.25) is 0 Å². The average Bonchev–Trinajstić information content (AvgIpc) is 3.23. The lowest BCUT2D eigenvalue weighted by atomic mass is 10.2. The minimum atomic E-state index is -0.336. The topological polar surface area (TPSA) is 69.4 Å². The van der Waals surface area contributed by atoms with Crippen LogP contribution in [0.15, 0.2) is 22.7 Å². The smallest absolute Gasteiger partial charge is 0.245 e. The summed E-state index contributed by atoms with van der Waals surface area (Å²) < 4.78 is 29.9. The largest absolute Gasteiger partial charge is 0.489 e. The zero-order valence-electron chi connectivity index (χ0n) is 13.0. The Labute approximate surface area is 134 Å². The summed E-state index contributed by atoms with van der Waals surface area (Å²) in [5, 5.41) is 6.91. The Morgan fingerprint density at radius 1 is 1.43 bits per heavy atom. The molecule has 1 atom stereocenters. The van der Waals surface area contributed by atoms with Gasteiger partial charge in [0.05, 0.1) is 18.3 Å². The predicted molar refractivity (Wildman–Crippen MR) is 81.9 cm³/mol. The quantitative estimate of drug-likeness (QED) is 0.845. The molecule has 2 heterocycles. The zero-order chi connectivity index (χ0) is 16.1. The molecule has 1 aromatic heterocycles. The van der Waals surface area contributed by atoms with Gasteiger partial charge in [0.15, 0.2) is 5.82 Å². The number of rotatable bonds is 7. The van der Waals surface area contributed by atoms with Crippen molar-refractivity contribution in [1.82, 2.24) is 10.1 Å². The van der Waals surface area contributed by atoms with Gasteiger partial charge in [-0.05, 0) is 25.0 Å². The number of aromatic nitrogens is 2. The average molecular weight is 321 g/mol. The number of benzene rings is 1. The predicted octanol–water partition coefficient (Wildman–Crippen LogP) is 2.94. The third-order valence-corrected chi connectivity index (χ3v) is 3.65. The first-order chi connectivity index (χ1) is 11.2. The Morgan fingerprint density at radius 2 is 2.35 bits per heavy atom. The lowest BCUT2D eigenvalue weighted by Crippen LogP contribution is -2.17. The number of aryl methyl sites for hydroxylation is 1. The molecular weight excluding hydrogens is 301 g/mol. The van der Waals surface area contributed by atoms with Crippen LogP contribution in [0.2, 0.25) is 0 Å². The molecule has 1 N–H and O–H groups in total. The number of anilines is 1. The highest BCUT2D eigenvalue weighted by Gasteiger charge is 2.17. The van der Waals surface area contributed by atoms with Gasteiger partial charge in [0.1, 0.15) is 18.2 Å². The minimum Gasteiger partial charge on any atom is -0.489 e. The second-order valence-electron chi connectivity index (χ2n) is 5.40. The monoisotopic (exact) mass is 321 g/mol. The van der Waals surface area contributed by atoms with Crippen LogP contribution in [0.3, 0.4) is 0 Å². The molecule has 1 aliphatic heterocycles. The van der Waals surface area contributed by atoms with Crippen molar-refractivity contribution in [2.45, 2.75) is 38.8 Å². The summed E-state index contributed by atoms with van der Waals surface area (Å²) in [5.74, 6) is 1.35. The van der Waals surface area contributed by atoms with Crippen LogP contribution in [0.5, 0.6) is 5.75 Å². The van der Waals surface area contributed by atoms with E-state index >= 15 is 0 Å². The molecular formula is C16H20FN3O3. The van der Waals surface area contributed by atoms with Crippen molar-refractivity contribution < 1.29 is 18.4 Å². The van der Waals surface area contributed by atoms with Crippen molar-refractivity contribution >= 4 is 5.69 Å². The SMILES string of the molecule is CCc1noc(CNc2cc(F)ccc2OC[C@@H]2CCCO2)n1. The fourth-order valence-electron chi connectivity index (χ4n) is 2.40. The first-order valence-electron chi connectivity index (χ1n) is 7.84. The van der Waals surface area contributed by atoms with Crippen LogP contribution in [-0.2, 0) is 17.7 Å². The second kappa shape index (κ2) is 7.41. The van der Waals surface area contributed by atoms with Gasteiger partial charge < -0.3 is 19.3 Å². The van der Waals surface area contributed by atoms with E-state index in [0.717, 1.165) is 19.4 Å². The molecule has 3 rings (SSSR count). The molecule has 1 aromatic carbocycles. The molecule has 0 unspecified atom stereocenters. The van der Waals surface area contributed by atoms with E-state index in [9.17, 15) is 4.39 Å². The number of nitrogens with one attached hydrogen (secondary N) is 1. The number of halogens is 1. The molecule has 0 radical (unpaired) electrons. The van der Waals surface area contributed by atoms with Crippen LogP contribution in [0.1, 0.15) is 31.5 Å². The van der Waals surface area contributed by atoms with Crippen molar-refractivity contribution in [1.29, 1.82) is 0 Å². The summed E-state index contributed by atoms with van der Waals surface area (Å²) in [6, 6.07) is 4.37. The second-order valence-corrected chi connectivity index (χ2v) is 5.40. The van der Waals surface area contributed by atoms with Gasteiger partial charge in [0.25, 0.3) is 0 Å². The first-order valence-corrected chi connectivity index (χ1v) is 7.84. The summed E-state index contributed by atoms with van der Waals surface area (Å²) in [6.45, 7) is 3.50. The molecule has 1 fully saturated rings. The van der Waals surface area contributed by atoms with Gasteiger partial charge in [-0.25, -0.2) is 4.39 Å². The third kappa shape index (κ3) is 4.19. The molecule has 0 spiro atoms. The van der Waals surface area contributed by atoms with Crippen LogP contribution >= 0.6 is 0 Å². The fourth-order valence-corrected chi connectivity index (χ4v) is 2.40. The molecule has 23 heavy (non-hydrogen) atoms. The number of nitrogens with zero attached hydrogens (tertiary/aromatic N) is 2.